The monoisotopic (exact) mass is 466 g/mol. The Labute approximate surface area is 190 Å². The molecular formula is C23H18N2O3S3. The molecule has 0 spiro atoms. The van der Waals surface area contributed by atoms with Crippen LogP contribution in [0.15, 0.2) is 57.7 Å². The summed E-state index contributed by atoms with van der Waals surface area (Å²) in [5.41, 5.74) is 0.681. The van der Waals surface area contributed by atoms with Crippen LogP contribution in [-0.2, 0) is 9.59 Å². The summed E-state index contributed by atoms with van der Waals surface area (Å²) in [5, 5.41) is 3.30. The predicted octanol–water partition coefficient (Wildman–Crippen LogP) is 4.18. The molecule has 4 heterocycles. The molecule has 8 heteroatoms. The van der Waals surface area contributed by atoms with Gasteiger partial charge in [-0.15, -0.1) is 23.1 Å². The number of imide groups is 1. The van der Waals surface area contributed by atoms with Crippen LogP contribution in [0.1, 0.15) is 22.1 Å². The van der Waals surface area contributed by atoms with Gasteiger partial charge in [-0.1, -0.05) is 35.6 Å². The third kappa shape index (κ3) is 2.36. The van der Waals surface area contributed by atoms with E-state index in [2.05, 4.69) is 22.5 Å². The Morgan fingerprint density at radius 1 is 0.935 bits per heavy atom. The lowest BCUT2D eigenvalue weighted by Crippen LogP contribution is -2.42. The molecule has 5 nitrogen and oxygen atoms in total. The summed E-state index contributed by atoms with van der Waals surface area (Å²) in [6.07, 6.45) is 0.929. The largest absolute Gasteiger partial charge is 0.307 e. The van der Waals surface area contributed by atoms with E-state index in [0.29, 0.717) is 5.69 Å². The molecular weight excluding hydrogens is 448 g/mol. The molecule has 2 aromatic heterocycles. The van der Waals surface area contributed by atoms with Crippen molar-refractivity contribution in [1.29, 1.82) is 0 Å². The minimum absolute atomic E-state index is 0.0195. The second kappa shape index (κ2) is 6.43. The minimum atomic E-state index is -0.237. The SMILES string of the molecule is O=C1[C@@H]2[C@H]3C[C@@H]([C@@H]2C(=O)N1c1ccccc1)[C@@H]1[C@@H](c2cccs2)c2sc(=O)[nH]c2S[C@H]31. The number of carbonyl (C=O) groups excluding carboxylic acids is 2. The molecule has 0 radical (unpaired) electrons. The molecule has 0 unspecified atom stereocenters. The molecule has 3 fully saturated rings. The zero-order valence-corrected chi connectivity index (χ0v) is 18.7. The number of hydrogen-bond acceptors (Lipinski definition) is 6. The zero-order valence-electron chi connectivity index (χ0n) is 16.3. The topological polar surface area (TPSA) is 70.2 Å². The summed E-state index contributed by atoms with van der Waals surface area (Å²) < 4.78 is 0. The van der Waals surface area contributed by atoms with Gasteiger partial charge in [-0.25, -0.2) is 0 Å². The second-order valence-electron chi connectivity index (χ2n) is 8.82. The van der Waals surface area contributed by atoms with E-state index in [0.717, 1.165) is 16.3 Å². The summed E-state index contributed by atoms with van der Waals surface area (Å²) in [4.78, 5) is 46.1. The highest BCUT2D eigenvalue weighted by atomic mass is 32.2. The van der Waals surface area contributed by atoms with Crippen molar-refractivity contribution in [2.24, 2.45) is 29.6 Å². The lowest BCUT2D eigenvalue weighted by Gasteiger charge is -2.42. The first-order chi connectivity index (χ1) is 15.1. The lowest BCUT2D eigenvalue weighted by molar-refractivity contribution is -0.123. The predicted molar refractivity (Wildman–Crippen MR) is 122 cm³/mol. The van der Waals surface area contributed by atoms with Gasteiger partial charge in [0.25, 0.3) is 0 Å². The highest BCUT2D eigenvalue weighted by Crippen LogP contribution is 2.68. The molecule has 2 saturated carbocycles. The van der Waals surface area contributed by atoms with Gasteiger partial charge in [0, 0.05) is 20.9 Å². The first-order valence-electron chi connectivity index (χ1n) is 10.5. The molecule has 2 amide bonds. The first kappa shape index (κ1) is 18.4. The van der Waals surface area contributed by atoms with Crippen LogP contribution in [0.5, 0.6) is 0 Å². The van der Waals surface area contributed by atoms with Crippen molar-refractivity contribution < 1.29 is 9.59 Å². The fourth-order valence-electron chi connectivity index (χ4n) is 6.64. The fraction of sp³-hybridized carbons (Fsp3) is 0.348. The van der Waals surface area contributed by atoms with Crippen LogP contribution in [0.4, 0.5) is 5.69 Å². The van der Waals surface area contributed by atoms with Crippen LogP contribution in [0.3, 0.4) is 0 Å². The Balaban J connectivity index is 1.34. The van der Waals surface area contributed by atoms with Crippen molar-refractivity contribution in [1.82, 2.24) is 4.98 Å². The van der Waals surface area contributed by atoms with Crippen molar-refractivity contribution >= 4 is 51.9 Å². The molecule has 7 atom stereocenters. The van der Waals surface area contributed by atoms with Gasteiger partial charge < -0.3 is 4.98 Å². The maximum atomic E-state index is 13.6. The minimum Gasteiger partial charge on any atom is -0.307 e. The van der Waals surface area contributed by atoms with Gasteiger partial charge in [-0.3, -0.25) is 19.3 Å². The van der Waals surface area contributed by atoms with Gasteiger partial charge in [0.1, 0.15) is 0 Å². The number of thiazole rings is 1. The fourth-order valence-corrected chi connectivity index (χ4v) is 10.5. The van der Waals surface area contributed by atoms with Gasteiger partial charge in [0.05, 0.1) is 22.5 Å². The van der Waals surface area contributed by atoms with Crippen molar-refractivity contribution in [2.45, 2.75) is 22.6 Å². The van der Waals surface area contributed by atoms with Gasteiger partial charge in [-0.2, -0.15) is 0 Å². The number of fused-ring (bicyclic) bond motifs is 9. The van der Waals surface area contributed by atoms with E-state index in [1.807, 2.05) is 30.3 Å². The number of thioether (sulfide) groups is 1. The average Bonchev–Trinajstić information content (AvgIpc) is 3.56. The number of para-hydroxylation sites is 1. The van der Waals surface area contributed by atoms with Crippen molar-refractivity contribution in [3.8, 4) is 0 Å². The number of nitrogens with one attached hydrogen (secondary N) is 1. The molecule has 156 valence electrons. The molecule has 1 saturated heterocycles. The maximum absolute atomic E-state index is 13.6. The number of rotatable bonds is 2. The van der Waals surface area contributed by atoms with Gasteiger partial charge >= 0.3 is 4.87 Å². The van der Waals surface area contributed by atoms with Crippen molar-refractivity contribution in [2.75, 3.05) is 4.90 Å². The van der Waals surface area contributed by atoms with Gasteiger partial charge in [0.2, 0.25) is 11.8 Å². The second-order valence-corrected chi connectivity index (χ2v) is 12.0. The van der Waals surface area contributed by atoms with Gasteiger partial charge in [-0.05, 0) is 47.8 Å². The number of benzene rings is 1. The third-order valence-corrected chi connectivity index (χ3v) is 11.1. The molecule has 7 rings (SSSR count). The van der Waals surface area contributed by atoms with E-state index in [1.54, 1.807) is 23.1 Å². The Morgan fingerprint density at radius 3 is 2.45 bits per heavy atom. The summed E-state index contributed by atoms with van der Waals surface area (Å²) >= 11 is 4.77. The molecule has 2 aliphatic carbocycles. The van der Waals surface area contributed by atoms with E-state index < -0.39 is 0 Å². The molecule has 31 heavy (non-hydrogen) atoms. The van der Waals surface area contributed by atoms with Gasteiger partial charge in [0.15, 0.2) is 0 Å². The van der Waals surface area contributed by atoms with Crippen LogP contribution in [0.25, 0.3) is 0 Å². The van der Waals surface area contributed by atoms with E-state index in [4.69, 9.17) is 0 Å². The number of anilines is 1. The van der Waals surface area contributed by atoms with E-state index in [-0.39, 0.29) is 57.4 Å². The summed E-state index contributed by atoms with van der Waals surface area (Å²) in [7, 11) is 0. The quantitative estimate of drug-likeness (QED) is 0.576. The number of carbonyl (C=O) groups is 2. The van der Waals surface area contributed by atoms with Crippen LogP contribution >= 0.6 is 34.4 Å². The molecule has 1 aromatic carbocycles. The van der Waals surface area contributed by atoms with Crippen LogP contribution < -0.4 is 9.77 Å². The number of nitrogens with zero attached hydrogens (tertiary/aromatic N) is 1. The summed E-state index contributed by atoms with van der Waals surface area (Å²) in [6.45, 7) is 0. The maximum Gasteiger partial charge on any atom is 0.305 e. The normalized spacial score (nSPS) is 35.4. The molecule has 2 bridgehead atoms. The number of aromatic nitrogens is 1. The Morgan fingerprint density at radius 2 is 1.71 bits per heavy atom. The first-order valence-corrected chi connectivity index (χ1v) is 13.1. The van der Waals surface area contributed by atoms with Crippen LogP contribution in [0, 0.1) is 29.6 Å². The number of aromatic amines is 1. The number of thiophene rings is 1. The Hall–Kier alpha value is -2.16. The Bertz CT molecular complexity index is 1260. The van der Waals surface area contributed by atoms with E-state index in [9.17, 15) is 14.4 Å². The summed E-state index contributed by atoms with van der Waals surface area (Å²) in [6, 6.07) is 13.5. The number of hydrogen-bond donors (Lipinski definition) is 1. The number of H-pyrrole nitrogens is 1. The average molecular weight is 467 g/mol. The smallest absolute Gasteiger partial charge is 0.305 e. The molecule has 3 aromatic rings. The molecule has 1 N–H and O–H groups in total. The van der Waals surface area contributed by atoms with Crippen LogP contribution in [0.2, 0.25) is 0 Å². The highest BCUT2D eigenvalue weighted by Gasteiger charge is 2.69. The highest BCUT2D eigenvalue weighted by molar-refractivity contribution is 8.00. The zero-order chi connectivity index (χ0) is 20.9. The number of amides is 2. The van der Waals surface area contributed by atoms with E-state index in [1.165, 1.54) is 21.1 Å². The Kier molecular flexibility index (Phi) is 3.82. The van der Waals surface area contributed by atoms with E-state index >= 15 is 0 Å². The lowest BCUT2D eigenvalue weighted by atomic mass is 9.69. The molecule has 4 aliphatic rings. The summed E-state index contributed by atoms with van der Waals surface area (Å²) in [5.74, 6) is 0.224. The standard InChI is InChI=1S/C23H18N2O3S3/c26-21-15-11-9-12(16(15)22(27)25(21)10-5-2-1-3-6-10)18-14(11)17(13-7-4-8-29-13)19-20(30-18)24-23(28)31-19/h1-8,11-12,14-18H,9H2,(H,24,28)/t11-,12-,14-,15+,16-,17-,18-/m1/s1. The third-order valence-electron chi connectivity index (χ3n) is 7.59. The van der Waals surface area contributed by atoms with Crippen LogP contribution in [-0.4, -0.2) is 22.0 Å². The molecule has 2 aliphatic heterocycles. The van der Waals surface area contributed by atoms with Crippen molar-refractivity contribution in [3.63, 3.8) is 0 Å². The van der Waals surface area contributed by atoms with Crippen molar-refractivity contribution in [3.05, 3.63) is 67.3 Å².